The molecule has 2 atom stereocenters. The molecule has 4 aliphatic rings. The summed E-state index contributed by atoms with van der Waals surface area (Å²) < 4.78 is 5.89. The average Bonchev–Trinajstić information content (AvgIpc) is 1.82. The summed E-state index contributed by atoms with van der Waals surface area (Å²) >= 11 is 0. The van der Waals surface area contributed by atoms with Gasteiger partial charge in [0.1, 0.15) is 0 Å². The van der Waals surface area contributed by atoms with Crippen LogP contribution < -0.4 is 0 Å². The predicted octanol–water partition coefficient (Wildman–Crippen LogP) is 2.21. The molecule has 1 saturated carbocycles. The summed E-state index contributed by atoms with van der Waals surface area (Å²) in [5, 5.41) is 0. The summed E-state index contributed by atoms with van der Waals surface area (Å²) in [4.78, 5) is 0. The van der Waals surface area contributed by atoms with E-state index in [0.29, 0.717) is 6.10 Å². The second kappa shape index (κ2) is 1.95. The Morgan fingerprint density at radius 3 is 2.20 bits per heavy atom. The molecule has 0 spiro atoms. The van der Waals surface area contributed by atoms with E-state index in [1.807, 2.05) is 0 Å². The fourth-order valence-corrected chi connectivity index (χ4v) is 5.50. The summed E-state index contributed by atoms with van der Waals surface area (Å²) in [5.41, 5.74) is 0. The van der Waals surface area contributed by atoms with Crippen LogP contribution in [-0.2, 0) is 4.52 Å². The Labute approximate surface area is 63.0 Å². The molecule has 4 fully saturated rings. The van der Waals surface area contributed by atoms with Gasteiger partial charge in [-0.05, 0) is 43.4 Å². The maximum atomic E-state index is 5.89. The first kappa shape index (κ1) is 5.97. The lowest BCUT2D eigenvalue weighted by Crippen LogP contribution is -2.40. The monoisotopic (exact) mass is 156 g/mol. The van der Waals surface area contributed by atoms with Crippen LogP contribution in [0.1, 0.15) is 19.3 Å². The van der Waals surface area contributed by atoms with E-state index in [0.717, 1.165) is 11.8 Å². The maximum absolute atomic E-state index is 5.89. The zero-order valence-corrected chi connectivity index (χ0v) is 7.02. The van der Waals surface area contributed by atoms with Gasteiger partial charge in [-0.25, -0.2) is 0 Å². The molecule has 3 saturated heterocycles. The van der Waals surface area contributed by atoms with E-state index in [4.69, 9.17) is 4.52 Å². The zero-order chi connectivity index (χ0) is 6.55. The van der Waals surface area contributed by atoms with Crippen LogP contribution >= 0.6 is 8.15 Å². The standard InChI is InChI=1S/C8H13OP/c1-6-2-8-3-7(1)5-10(4-6)9-8/h6-8H,1-5H2. The van der Waals surface area contributed by atoms with Gasteiger partial charge in [-0.15, -0.1) is 0 Å². The van der Waals surface area contributed by atoms with Crippen LogP contribution in [0.2, 0.25) is 0 Å². The minimum atomic E-state index is 0.0883. The smallest absolute Gasteiger partial charge is 0.0623 e. The molecule has 2 heteroatoms. The van der Waals surface area contributed by atoms with Gasteiger partial charge in [0.15, 0.2) is 0 Å². The molecule has 3 aliphatic heterocycles. The van der Waals surface area contributed by atoms with E-state index >= 15 is 0 Å². The van der Waals surface area contributed by atoms with Crippen molar-refractivity contribution < 1.29 is 4.52 Å². The van der Waals surface area contributed by atoms with Gasteiger partial charge in [-0.2, -0.15) is 0 Å². The normalized spacial score (nSPS) is 57.6. The summed E-state index contributed by atoms with van der Waals surface area (Å²) in [6.45, 7) is 0. The van der Waals surface area contributed by atoms with E-state index in [-0.39, 0.29) is 8.15 Å². The van der Waals surface area contributed by atoms with Gasteiger partial charge in [0.25, 0.3) is 0 Å². The van der Waals surface area contributed by atoms with Crippen molar-refractivity contribution in [3.63, 3.8) is 0 Å². The molecule has 0 aromatic rings. The first-order valence-corrected chi connectivity index (χ1v) is 5.95. The lowest BCUT2D eigenvalue weighted by Gasteiger charge is -2.49. The molecule has 1 nitrogen and oxygen atoms in total. The van der Waals surface area contributed by atoms with Crippen molar-refractivity contribution in [1.29, 1.82) is 0 Å². The molecule has 1 aliphatic carbocycles. The predicted molar refractivity (Wildman–Crippen MR) is 42.4 cm³/mol. The molecule has 10 heavy (non-hydrogen) atoms. The Kier molecular flexibility index (Phi) is 1.17. The molecule has 3 heterocycles. The first-order valence-electron chi connectivity index (χ1n) is 4.32. The fourth-order valence-electron chi connectivity index (χ4n) is 2.84. The third-order valence-electron chi connectivity index (χ3n) is 3.08. The van der Waals surface area contributed by atoms with E-state index < -0.39 is 0 Å². The molecule has 0 aromatic carbocycles. The molecule has 2 unspecified atom stereocenters. The second-order valence-electron chi connectivity index (χ2n) is 4.01. The first-order chi connectivity index (χ1) is 4.90. The lowest BCUT2D eigenvalue weighted by molar-refractivity contribution is 0.0716. The molecular weight excluding hydrogens is 143 g/mol. The van der Waals surface area contributed by atoms with Crippen molar-refractivity contribution in [2.24, 2.45) is 11.8 Å². The third kappa shape index (κ3) is 0.770. The molecule has 4 bridgehead atoms. The third-order valence-corrected chi connectivity index (χ3v) is 5.52. The summed E-state index contributed by atoms with van der Waals surface area (Å²) in [7, 11) is 0.0883. The van der Waals surface area contributed by atoms with E-state index in [1.54, 1.807) is 6.42 Å². The summed E-state index contributed by atoms with van der Waals surface area (Å²) in [6, 6.07) is 0. The van der Waals surface area contributed by atoms with Gasteiger partial charge in [-0.3, -0.25) is 0 Å². The summed E-state index contributed by atoms with van der Waals surface area (Å²) in [6.07, 6.45) is 7.94. The molecule has 0 amide bonds. The number of hydrogen-bond donors (Lipinski definition) is 0. The van der Waals surface area contributed by atoms with Crippen molar-refractivity contribution in [2.75, 3.05) is 12.3 Å². The quantitative estimate of drug-likeness (QED) is 0.488. The van der Waals surface area contributed by atoms with Crippen molar-refractivity contribution >= 4 is 8.15 Å². The van der Waals surface area contributed by atoms with Crippen LogP contribution in [0, 0.1) is 11.8 Å². The van der Waals surface area contributed by atoms with Gasteiger partial charge >= 0.3 is 0 Å². The Balaban J connectivity index is 1.90. The molecule has 56 valence electrons. The Morgan fingerprint density at radius 1 is 1.00 bits per heavy atom. The van der Waals surface area contributed by atoms with Gasteiger partial charge in [-0.1, -0.05) is 0 Å². The highest BCUT2D eigenvalue weighted by Gasteiger charge is 2.42. The fraction of sp³-hybridized carbons (Fsp3) is 1.00. The SMILES string of the molecule is C1C2CC3CC1CP(C2)O3. The van der Waals surface area contributed by atoms with E-state index in [1.165, 1.54) is 25.2 Å². The molecular formula is C8H13OP. The topological polar surface area (TPSA) is 9.23 Å². The Hall–Kier alpha value is 0.390. The van der Waals surface area contributed by atoms with Gasteiger partial charge in [0.05, 0.1) is 6.10 Å². The van der Waals surface area contributed by atoms with Gasteiger partial charge in [0.2, 0.25) is 0 Å². The van der Waals surface area contributed by atoms with Crippen LogP contribution in [-0.4, -0.2) is 18.4 Å². The van der Waals surface area contributed by atoms with Crippen LogP contribution in [0.25, 0.3) is 0 Å². The van der Waals surface area contributed by atoms with Crippen molar-refractivity contribution in [3.8, 4) is 0 Å². The highest BCUT2D eigenvalue weighted by Crippen LogP contribution is 2.59. The van der Waals surface area contributed by atoms with E-state index in [2.05, 4.69) is 0 Å². The molecule has 0 N–H and O–H groups in total. The van der Waals surface area contributed by atoms with E-state index in [9.17, 15) is 0 Å². The zero-order valence-electron chi connectivity index (χ0n) is 6.12. The number of rotatable bonds is 0. The summed E-state index contributed by atoms with van der Waals surface area (Å²) in [5.74, 6) is 2.16. The van der Waals surface area contributed by atoms with Gasteiger partial charge in [0, 0.05) is 8.15 Å². The highest BCUT2D eigenvalue weighted by molar-refractivity contribution is 7.52. The average molecular weight is 156 g/mol. The lowest BCUT2D eigenvalue weighted by atomic mass is 9.81. The van der Waals surface area contributed by atoms with Crippen LogP contribution in [0.4, 0.5) is 0 Å². The second-order valence-corrected chi connectivity index (χ2v) is 5.92. The van der Waals surface area contributed by atoms with Crippen molar-refractivity contribution in [3.05, 3.63) is 0 Å². The largest absolute Gasteiger partial charge is 0.356 e. The number of hydrogen-bond acceptors (Lipinski definition) is 1. The highest BCUT2D eigenvalue weighted by atomic mass is 31.1. The van der Waals surface area contributed by atoms with Crippen LogP contribution in [0.3, 0.4) is 0 Å². The minimum Gasteiger partial charge on any atom is -0.356 e. The van der Waals surface area contributed by atoms with Crippen LogP contribution in [0.5, 0.6) is 0 Å². The van der Waals surface area contributed by atoms with Crippen molar-refractivity contribution in [1.82, 2.24) is 0 Å². The molecule has 0 aromatic heterocycles. The maximum Gasteiger partial charge on any atom is 0.0623 e. The van der Waals surface area contributed by atoms with Crippen molar-refractivity contribution in [2.45, 2.75) is 25.4 Å². The van der Waals surface area contributed by atoms with Gasteiger partial charge < -0.3 is 4.52 Å². The Morgan fingerprint density at radius 2 is 1.70 bits per heavy atom. The molecule has 4 rings (SSSR count). The van der Waals surface area contributed by atoms with Crippen LogP contribution in [0.15, 0.2) is 0 Å². The Bertz CT molecular complexity index is 101. The molecule has 0 radical (unpaired) electrons. The minimum absolute atomic E-state index is 0.0883.